The summed E-state index contributed by atoms with van der Waals surface area (Å²) >= 11 is 0. The van der Waals surface area contributed by atoms with E-state index in [9.17, 15) is 0 Å². The van der Waals surface area contributed by atoms with Crippen LogP contribution < -0.4 is 0 Å². The molecule has 0 amide bonds. The SMILES string of the molecule is CC1(CCC2OC2(C)C)OCCO1. The van der Waals surface area contributed by atoms with E-state index < -0.39 is 0 Å². The lowest BCUT2D eigenvalue weighted by molar-refractivity contribution is -0.148. The van der Waals surface area contributed by atoms with Gasteiger partial charge in [-0.2, -0.15) is 0 Å². The van der Waals surface area contributed by atoms with Gasteiger partial charge in [-0.15, -0.1) is 0 Å². The summed E-state index contributed by atoms with van der Waals surface area (Å²) in [5, 5.41) is 0. The molecule has 0 spiro atoms. The van der Waals surface area contributed by atoms with Gasteiger partial charge in [-0.05, 0) is 27.2 Å². The summed E-state index contributed by atoms with van der Waals surface area (Å²) in [6.07, 6.45) is 2.36. The van der Waals surface area contributed by atoms with Crippen molar-refractivity contribution in [1.82, 2.24) is 0 Å². The maximum atomic E-state index is 5.51. The Balaban J connectivity index is 1.74. The van der Waals surface area contributed by atoms with Gasteiger partial charge in [0.2, 0.25) is 0 Å². The quantitative estimate of drug-likeness (QED) is 0.629. The van der Waals surface area contributed by atoms with Crippen LogP contribution in [-0.4, -0.2) is 30.7 Å². The number of rotatable bonds is 3. The molecule has 2 fully saturated rings. The van der Waals surface area contributed by atoms with Crippen LogP contribution in [0.1, 0.15) is 33.6 Å². The second-order valence-corrected chi connectivity index (χ2v) is 4.58. The summed E-state index contributed by atoms with van der Waals surface area (Å²) in [4.78, 5) is 0. The van der Waals surface area contributed by atoms with E-state index in [0.717, 1.165) is 26.1 Å². The van der Waals surface area contributed by atoms with E-state index in [0.29, 0.717) is 6.10 Å². The van der Waals surface area contributed by atoms with E-state index in [1.165, 1.54) is 0 Å². The third-order valence-electron chi connectivity index (χ3n) is 2.92. The minimum absolute atomic E-state index is 0.0922. The summed E-state index contributed by atoms with van der Waals surface area (Å²) in [6.45, 7) is 7.71. The molecule has 13 heavy (non-hydrogen) atoms. The van der Waals surface area contributed by atoms with Gasteiger partial charge in [0.05, 0.1) is 24.9 Å². The first kappa shape index (κ1) is 9.44. The Morgan fingerprint density at radius 1 is 1.15 bits per heavy atom. The Labute approximate surface area is 79.4 Å². The molecule has 0 aliphatic carbocycles. The van der Waals surface area contributed by atoms with Crippen LogP contribution in [0.15, 0.2) is 0 Å². The molecule has 2 saturated heterocycles. The zero-order valence-corrected chi connectivity index (χ0v) is 8.63. The first-order chi connectivity index (χ1) is 6.02. The topological polar surface area (TPSA) is 31.0 Å². The van der Waals surface area contributed by atoms with Crippen LogP contribution in [0, 0.1) is 0 Å². The highest BCUT2D eigenvalue weighted by molar-refractivity contribution is 4.95. The number of epoxide rings is 1. The van der Waals surface area contributed by atoms with Crippen molar-refractivity contribution in [2.75, 3.05) is 13.2 Å². The van der Waals surface area contributed by atoms with Crippen molar-refractivity contribution in [3.63, 3.8) is 0 Å². The van der Waals surface area contributed by atoms with Crippen LogP contribution in [-0.2, 0) is 14.2 Å². The zero-order chi connectivity index (χ0) is 9.53. The van der Waals surface area contributed by atoms with Gasteiger partial charge in [-0.1, -0.05) is 0 Å². The Kier molecular flexibility index (Phi) is 2.13. The van der Waals surface area contributed by atoms with Crippen molar-refractivity contribution < 1.29 is 14.2 Å². The van der Waals surface area contributed by atoms with Crippen molar-refractivity contribution >= 4 is 0 Å². The normalized spacial score (nSPS) is 34.8. The molecular formula is C10H18O3. The molecule has 2 rings (SSSR count). The van der Waals surface area contributed by atoms with E-state index >= 15 is 0 Å². The van der Waals surface area contributed by atoms with Gasteiger partial charge in [0.25, 0.3) is 0 Å². The maximum absolute atomic E-state index is 5.51. The molecule has 2 heterocycles. The largest absolute Gasteiger partial charge is 0.367 e. The lowest BCUT2D eigenvalue weighted by Crippen LogP contribution is -2.26. The summed E-state index contributed by atoms with van der Waals surface area (Å²) in [7, 11) is 0. The Morgan fingerprint density at radius 2 is 1.69 bits per heavy atom. The number of hydrogen-bond acceptors (Lipinski definition) is 3. The molecule has 1 atom stereocenters. The van der Waals surface area contributed by atoms with Gasteiger partial charge in [0, 0.05) is 6.42 Å². The first-order valence-electron chi connectivity index (χ1n) is 4.98. The van der Waals surface area contributed by atoms with Crippen LogP contribution >= 0.6 is 0 Å². The van der Waals surface area contributed by atoms with Crippen molar-refractivity contribution in [2.45, 2.75) is 51.1 Å². The number of ether oxygens (including phenoxy) is 3. The van der Waals surface area contributed by atoms with E-state index in [-0.39, 0.29) is 11.4 Å². The molecule has 2 aliphatic rings. The molecule has 0 aromatic heterocycles. The van der Waals surface area contributed by atoms with Gasteiger partial charge < -0.3 is 14.2 Å². The van der Waals surface area contributed by atoms with Crippen molar-refractivity contribution in [3.8, 4) is 0 Å². The fourth-order valence-electron chi connectivity index (χ4n) is 1.83. The molecule has 0 aromatic rings. The van der Waals surface area contributed by atoms with Crippen LogP contribution in [0.2, 0.25) is 0 Å². The molecule has 1 unspecified atom stereocenters. The average molecular weight is 186 g/mol. The molecule has 0 bridgehead atoms. The van der Waals surface area contributed by atoms with Gasteiger partial charge in [-0.25, -0.2) is 0 Å². The predicted molar refractivity (Wildman–Crippen MR) is 48.5 cm³/mol. The molecule has 3 nitrogen and oxygen atoms in total. The predicted octanol–water partition coefficient (Wildman–Crippen LogP) is 1.71. The third kappa shape index (κ3) is 2.03. The molecule has 76 valence electrons. The fourth-order valence-corrected chi connectivity index (χ4v) is 1.83. The molecular weight excluding hydrogens is 168 g/mol. The minimum atomic E-state index is -0.345. The highest BCUT2D eigenvalue weighted by atomic mass is 16.7. The second kappa shape index (κ2) is 2.94. The van der Waals surface area contributed by atoms with E-state index in [1.54, 1.807) is 0 Å². The lowest BCUT2D eigenvalue weighted by atomic mass is 10.0. The van der Waals surface area contributed by atoms with E-state index in [4.69, 9.17) is 14.2 Å². The van der Waals surface area contributed by atoms with Gasteiger partial charge in [-0.3, -0.25) is 0 Å². The Morgan fingerprint density at radius 3 is 2.15 bits per heavy atom. The van der Waals surface area contributed by atoms with E-state index in [1.807, 2.05) is 6.92 Å². The van der Waals surface area contributed by atoms with Crippen molar-refractivity contribution in [3.05, 3.63) is 0 Å². The maximum Gasteiger partial charge on any atom is 0.165 e. The standard InChI is InChI=1S/C10H18O3/c1-9(2)8(13-9)4-5-10(3)11-6-7-12-10/h8H,4-7H2,1-3H3. The van der Waals surface area contributed by atoms with Crippen molar-refractivity contribution in [1.29, 1.82) is 0 Å². The average Bonchev–Trinajstić information content (AvgIpc) is 2.43. The lowest BCUT2D eigenvalue weighted by Gasteiger charge is -2.21. The molecule has 0 N–H and O–H groups in total. The van der Waals surface area contributed by atoms with Gasteiger partial charge in [0.15, 0.2) is 5.79 Å². The summed E-state index contributed by atoms with van der Waals surface area (Å²) in [5.41, 5.74) is 0.0922. The summed E-state index contributed by atoms with van der Waals surface area (Å²) < 4.78 is 16.5. The molecule has 0 saturated carbocycles. The van der Waals surface area contributed by atoms with Crippen LogP contribution in [0.4, 0.5) is 0 Å². The molecule has 0 aromatic carbocycles. The summed E-state index contributed by atoms with van der Waals surface area (Å²) in [5.74, 6) is -0.345. The summed E-state index contributed by atoms with van der Waals surface area (Å²) in [6, 6.07) is 0. The third-order valence-corrected chi connectivity index (χ3v) is 2.92. The monoisotopic (exact) mass is 186 g/mol. The molecule has 0 radical (unpaired) electrons. The van der Waals surface area contributed by atoms with Crippen LogP contribution in [0.25, 0.3) is 0 Å². The second-order valence-electron chi connectivity index (χ2n) is 4.58. The zero-order valence-electron chi connectivity index (χ0n) is 8.63. The van der Waals surface area contributed by atoms with E-state index in [2.05, 4.69) is 13.8 Å². The highest BCUT2D eigenvalue weighted by Crippen LogP contribution is 2.40. The van der Waals surface area contributed by atoms with Crippen molar-refractivity contribution in [2.24, 2.45) is 0 Å². The highest BCUT2D eigenvalue weighted by Gasteiger charge is 2.48. The fraction of sp³-hybridized carbons (Fsp3) is 1.00. The minimum Gasteiger partial charge on any atom is -0.367 e. The smallest absolute Gasteiger partial charge is 0.165 e. The number of hydrogen-bond donors (Lipinski definition) is 0. The molecule has 3 heteroatoms. The van der Waals surface area contributed by atoms with Crippen LogP contribution in [0.5, 0.6) is 0 Å². The van der Waals surface area contributed by atoms with Crippen LogP contribution in [0.3, 0.4) is 0 Å². The Hall–Kier alpha value is -0.120. The first-order valence-corrected chi connectivity index (χ1v) is 4.98. The van der Waals surface area contributed by atoms with Gasteiger partial charge >= 0.3 is 0 Å². The molecule has 2 aliphatic heterocycles. The van der Waals surface area contributed by atoms with Gasteiger partial charge in [0.1, 0.15) is 0 Å². The Bertz CT molecular complexity index is 194.